The zero-order valence-corrected chi connectivity index (χ0v) is 23.3. The number of esters is 1. The molecule has 7 heteroatoms. The van der Waals surface area contributed by atoms with E-state index in [0.29, 0.717) is 37.9 Å². The first-order valence-electron chi connectivity index (χ1n) is 13.5. The van der Waals surface area contributed by atoms with Crippen LogP contribution in [0.1, 0.15) is 43.5 Å². The highest BCUT2D eigenvalue weighted by Crippen LogP contribution is 2.33. The monoisotopic (exact) mass is 538 g/mol. The van der Waals surface area contributed by atoms with Gasteiger partial charge in [0.05, 0.1) is 25.1 Å². The van der Waals surface area contributed by atoms with E-state index in [-0.39, 0.29) is 0 Å². The molecule has 40 heavy (non-hydrogen) atoms. The Balaban J connectivity index is 1.45. The molecule has 0 saturated heterocycles. The molecule has 2 heterocycles. The van der Waals surface area contributed by atoms with Crippen molar-refractivity contribution < 1.29 is 23.1 Å². The van der Waals surface area contributed by atoms with Crippen LogP contribution in [0.15, 0.2) is 94.0 Å². The number of ether oxygens (including phenoxy) is 2. The van der Waals surface area contributed by atoms with Gasteiger partial charge in [-0.15, -0.1) is 0 Å². The SMILES string of the molecule is CCOC(=O)C(C)(C)Oc1ccc(CN(Cc2ccco2)Cc2nc(-c3ccccc3)oc2C)c2ccccc12. The molecule has 0 aliphatic carbocycles. The second-order valence-electron chi connectivity index (χ2n) is 10.2. The van der Waals surface area contributed by atoms with Gasteiger partial charge in [0.1, 0.15) is 17.3 Å². The Hall–Kier alpha value is -4.36. The summed E-state index contributed by atoms with van der Waals surface area (Å²) in [4.78, 5) is 19.6. The standard InChI is InChI=1S/C33H34N2O5/c1-5-37-32(36)33(3,4)40-30-18-17-25(27-15-9-10-16-28(27)30)20-35(21-26-14-11-19-38-26)22-29-23(2)39-31(34-29)24-12-7-6-8-13-24/h6-19H,5,20-22H2,1-4H3. The van der Waals surface area contributed by atoms with Crippen LogP contribution in [0.5, 0.6) is 5.75 Å². The average Bonchev–Trinajstić information content (AvgIpc) is 3.60. The van der Waals surface area contributed by atoms with Crippen LogP contribution in [0, 0.1) is 6.92 Å². The van der Waals surface area contributed by atoms with E-state index >= 15 is 0 Å². The largest absolute Gasteiger partial charge is 0.476 e. The second kappa shape index (κ2) is 11.8. The molecule has 3 aromatic carbocycles. The van der Waals surface area contributed by atoms with Gasteiger partial charge in [-0.3, -0.25) is 4.90 Å². The summed E-state index contributed by atoms with van der Waals surface area (Å²) < 4.78 is 23.2. The molecule has 0 fully saturated rings. The predicted molar refractivity (Wildman–Crippen MR) is 154 cm³/mol. The summed E-state index contributed by atoms with van der Waals surface area (Å²) in [5.74, 6) is 2.51. The Morgan fingerprint density at radius 3 is 2.38 bits per heavy atom. The van der Waals surface area contributed by atoms with Crippen LogP contribution in [0.25, 0.3) is 22.2 Å². The van der Waals surface area contributed by atoms with Gasteiger partial charge >= 0.3 is 5.97 Å². The number of aryl methyl sites for hydroxylation is 1. The maximum absolute atomic E-state index is 12.5. The van der Waals surface area contributed by atoms with Crippen LogP contribution in [0.4, 0.5) is 0 Å². The number of carbonyl (C=O) groups excluding carboxylic acids is 1. The first kappa shape index (κ1) is 27.2. The number of hydrogen-bond acceptors (Lipinski definition) is 7. The highest BCUT2D eigenvalue weighted by molar-refractivity contribution is 5.91. The molecule has 0 radical (unpaired) electrons. The van der Waals surface area contributed by atoms with Crippen LogP contribution < -0.4 is 4.74 Å². The topological polar surface area (TPSA) is 77.9 Å². The zero-order valence-electron chi connectivity index (χ0n) is 23.3. The highest BCUT2D eigenvalue weighted by Gasteiger charge is 2.32. The molecule has 0 bridgehead atoms. The van der Waals surface area contributed by atoms with E-state index in [9.17, 15) is 4.79 Å². The minimum Gasteiger partial charge on any atom is -0.476 e. The lowest BCUT2D eigenvalue weighted by Crippen LogP contribution is -2.39. The van der Waals surface area contributed by atoms with Crippen molar-refractivity contribution in [2.24, 2.45) is 0 Å². The van der Waals surface area contributed by atoms with Crippen molar-refractivity contribution in [1.29, 1.82) is 0 Å². The molecule has 7 nitrogen and oxygen atoms in total. The minimum absolute atomic E-state index is 0.300. The van der Waals surface area contributed by atoms with E-state index in [1.54, 1.807) is 27.0 Å². The summed E-state index contributed by atoms with van der Waals surface area (Å²) in [6, 6.07) is 25.9. The summed E-state index contributed by atoms with van der Waals surface area (Å²) in [6.07, 6.45) is 1.69. The second-order valence-corrected chi connectivity index (χ2v) is 10.2. The van der Waals surface area contributed by atoms with Gasteiger partial charge in [-0.05, 0) is 69.0 Å². The Kier molecular flexibility index (Phi) is 8.03. The molecule has 0 N–H and O–H groups in total. The number of benzene rings is 3. The number of rotatable bonds is 11. The fourth-order valence-electron chi connectivity index (χ4n) is 4.70. The Morgan fingerprint density at radius 1 is 0.900 bits per heavy atom. The zero-order chi connectivity index (χ0) is 28.1. The van der Waals surface area contributed by atoms with Crippen molar-refractivity contribution in [3.63, 3.8) is 0 Å². The Bertz CT molecular complexity index is 1570. The van der Waals surface area contributed by atoms with Crippen LogP contribution >= 0.6 is 0 Å². The van der Waals surface area contributed by atoms with Gasteiger partial charge in [0.25, 0.3) is 0 Å². The van der Waals surface area contributed by atoms with Crippen LogP contribution in [0.2, 0.25) is 0 Å². The molecule has 0 amide bonds. The number of furan rings is 1. The van der Waals surface area contributed by atoms with Gasteiger partial charge in [-0.2, -0.15) is 0 Å². The first-order valence-corrected chi connectivity index (χ1v) is 13.5. The molecule has 5 rings (SSSR count). The molecular weight excluding hydrogens is 504 g/mol. The lowest BCUT2D eigenvalue weighted by molar-refractivity contribution is -0.158. The van der Waals surface area contributed by atoms with Gasteiger partial charge in [-0.1, -0.05) is 48.5 Å². The molecule has 0 aliphatic heterocycles. The van der Waals surface area contributed by atoms with E-state index in [1.165, 1.54) is 0 Å². The van der Waals surface area contributed by atoms with Gasteiger partial charge in [0.2, 0.25) is 5.89 Å². The maximum Gasteiger partial charge on any atom is 0.349 e. The fourth-order valence-corrected chi connectivity index (χ4v) is 4.70. The van der Waals surface area contributed by atoms with Crippen LogP contribution in [-0.4, -0.2) is 28.1 Å². The van der Waals surface area contributed by atoms with Crippen molar-refractivity contribution >= 4 is 16.7 Å². The molecular formula is C33H34N2O5. The number of hydrogen-bond donors (Lipinski definition) is 0. The van der Waals surface area contributed by atoms with E-state index in [4.69, 9.17) is 23.3 Å². The maximum atomic E-state index is 12.5. The highest BCUT2D eigenvalue weighted by atomic mass is 16.6. The number of carbonyl (C=O) groups is 1. The number of aromatic nitrogens is 1. The molecule has 206 valence electrons. The van der Waals surface area contributed by atoms with Crippen LogP contribution in [0.3, 0.4) is 0 Å². The van der Waals surface area contributed by atoms with Gasteiger partial charge in [0, 0.05) is 24.0 Å². The molecule has 0 atom stereocenters. The van der Waals surface area contributed by atoms with Gasteiger partial charge in [0.15, 0.2) is 5.60 Å². The van der Waals surface area contributed by atoms with E-state index in [0.717, 1.165) is 39.1 Å². The fraction of sp³-hybridized carbons (Fsp3) is 0.273. The van der Waals surface area contributed by atoms with Crippen molar-refractivity contribution in [2.75, 3.05) is 6.61 Å². The molecule has 0 saturated carbocycles. The quantitative estimate of drug-likeness (QED) is 0.163. The molecule has 0 spiro atoms. The lowest BCUT2D eigenvalue weighted by atomic mass is 10.0. The van der Waals surface area contributed by atoms with Crippen molar-refractivity contribution in [3.8, 4) is 17.2 Å². The Morgan fingerprint density at radius 2 is 1.65 bits per heavy atom. The van der Waals surface area contributed by atoms with E-state index in [1.807, 2.05) is 73.7 Å². The molecule has 5 aromatic rings. The number of nitrogens with zero attached hydrogens (tertiary/aromatic N) is 2. The average molecular weight is 539 g/mol. The molecule has 2 aromatic heterocycles. The van der Waals surface area contributed by atoms with Crippen molar-refractivity contribution in [3.05, 3.63) is 108 Å². The summed E-state index contributed by atoms with van der Waals surface area (Å²) >= 11 is 0. The van der Waals surface area contributed by atoms with Crippen molar-refractivity contribution in [2.45, 2.75) is 52.9 Å². The van der Waals surface area contributed by atoms with Crippen LogP contribution in [-0.2, 0) is 29.2 Å². The van der Waals surface area contributed by atoms with E-state index < -0.39 is 11.6 Å². The smallest absolute Gasteiger partial charge is 0.349 e. The first-order chi connectivity index (χ1) is 19.3. The summed E-state index contributed by atoms with van der Waals surface area (Å²) in [5.41, 5.74) is 1.83. The van der Waals surface area contributed by atoms with Gasteiger partial charge in [-0.25, -0.2) is 9.78 Å². The van der Waals surface area contributed by atoms with E-state index in [2.05, 4.69) is 17.0 Å². The number of oxazole rings is 1. The summed E-state index contributed by atoms with van der Waals surface area (Å²) in [6.45, 7) is 9.30. The Labute approximate surface area is 234 Å². The third kappa shape index (κ3) is 6.10. The summed E-state index contributed by atoms with van der Waals surface area (Å²) in [5, 5.41) is 1.98. The predicted octanol–water partition coefficient (Wildman–Crippen LogP) is 7.32. The molecule has 0 aliphatic rings. The third-order valence-corrected chi connectivity index (χ3v) is 6.75. The normalized spacial score (nSPS) is 11.7. The lowest BCUT2D eigenvalue weighted by Gasteiger charge is -2.26. The molecule has 0 unspecified atom stereocenters. The van der Waals surface area contributed by atoms with Gasteiger partial charge < -0.3 is 18.3 Å². The minimum atomic E-state index is -1.12. The van der Waals surface area contributed by atoms with Crippen molar-refractivity contribution in [1.82, 2.24) is 9.88 Å². The summed E-state index contributed by atoms with van der Waals surface area (Å²) in [7, 11) is 0. The number of fused-ring (bicyclic) bond motifs is 1. The third-order valence-electron chi connectivity index (χ3n) is 6.75.